The van der Waals surface area contributed by atoms with E-state index in [0.717, 1.165) is 34.0 Å². The van der Waals surface area contributed by atoms with Crippen LogP contribution in [-0.4, -0.2) is 21.1 Å². The van der Waals surface area contributed by atoms with Gasteiger partial charge in [0.2, 0.25) is 5.91 Å². The first-order valence-electron chi connectivity index (χ1n) is 9.23. The number of amides is 1. The molecule has 1 amide bonds. The molecule has 152 valence electrons. The molecule has 0 aliphatic heterocycles. The van der Waals surface area contributed by atoms with Crippen molar-refractivity contribution in [3.05, 3.63) is 78.2 Å². The van der Waals surface area contributed by atoms with Crippen molar-refractivity contribution in [1.82, 2.24) is 15.2 Å². The highest BCUT2D eigenvalue weighted by molar-refractivity contribution is 5.94. The molecule has 0 aliphatic rings. The minimum atomic E-state index is -4.40. The third-order valence-corrected chi connectivity index (χ3v) is 4.72. The van der Waals surface area contributed by atoms with Crippen LogP contribution in [0, 0.1) is 0 Å². The number of rotatable bonds is 5. The zero-order valence-electron chi connectivity index (χ0n) is 15.7. The highest BCUT2D eigenvalue weighted by atomic mass is 19.4. The molecule has 2 aromatic heterocycles. The van der Waals surface area contributed by atoms with E-state index in [9.17, 15) is 18.0 Å². The summed E-state index contributed by atoms with van der Waals surface area (Å²) in [6.07, 6.45) is 1.03. The number of alkyl halides is 3. The number of nitrogens with one attached hydrogen (secondary N) is 2. The third kappa shape index (κ3) is 4.48. The smallest absolute Gasteiger partial charge is 0.311 e. The van der Waals surface area contributed by atoms with Crippen LogP contribution in [0.25, 0.3) is 21.9 Å². The summed E-state index contributed by atoms with van der Waals surface area (Å²) in [5.41, 5.74) is 1.66. The van der Waals surface area contributed by atoms with Crippen molar-refractivity contribution in [1.29, 1.82) is 0 Å². The number of fused-ring (bicyclic) bond motifs is 1. The lowest BCUT2D eigenvalue weighted by atomic mass is 10.0. The lowest BCUT2D eigenvalue weighted by Crippen LogP contribution is -2.13. The van der Waals surface area contributed by atoms with E-state index in [1.165, 1.54) is 6.07 Å². The summed E-state index contributed by atoms with van der Waals surface area (Å²) in [5, 5.41) is 11.2. The summed E-state index contributed by atoms with van der Waals surface area (Å²) in [7, 11) is 0. The molecule has 0 saturated carbocycles. The van der Waals surface area contributed by atoms with Crippen molar-refractivity contribution in [2.45, 2.75) is 19.0 Å². The van der Waals surface area contributed by atoms with Crippen LogP contribution in [0.2, 0.25) is 0 Å². The number of carbonyl (C=O) groups excluding carboxylic acids is 1. The van der Waals surface area contributed by atoms with Gasteiger partial charge in [-0.05, 0) is 41.1 Å². The molecule has 2 aromatic carbocycles. The van der Waals surface area contributed by atoms with Crippen LogP contribution in [0.15, 0.2) is 67.1 Å². The largest absolute Gasteiger partial charge is 0.416 e. The van der Waals surface area contributed by atoms with E-state index < -0.39 is 11.7 Å². The number of nitrogens with zero attached hydrogens (tertiary/aromatic N) is 2. The summed E-state index contributed by atoms with van der Waals surface area (Å²) in [6, 6.07) is 12.6. The number of pyridine rings is 1. The van der Waals surface area contributed by atoms with Crippen molar-refractivity contribution in [3.63, 3.8) is 0 Å². The van der Waals surface area contributed by atoms with Gasteiger partial charge in [-0.15, -0.1) is 0 Å². The number of aromatic nitrogens is 3. The molecule has 4 rings (SSSR count). The fourth-order valence-electron chi connectivity index (χ4n) is 3.16. The Morgan fingerprint density at radius 1 is 1.00 bits per heavy atom. The van der Waals surface area contributed by atoms with Gasteiger partial charge in [-0.2, -0.15) is 18.3 Å². The van der Waals surface area contributed by atoms with Gasteiger partial charge in [0.25, 0.3) is 0 Å². The molecule has 8 heteroatoms. The Morgan fingerprint density at radius 2 is 1.87 bits per heavy atom. The molecular formula is C22H17F3N4O. The van der Waals surface area contributed by atoms with Crippen molar-refractivity contribution in [2.24, 2.45) is 0 Å². The lowest BCUT2D eigenvalue weighted by molar-refractivity contribution is -0.137. The number of H-pyrrole nitrogens is 1. The maximum Gasteiger partial charge on any atom is 0.416 e. The van der Waals surface area contributed by atoms with Gasteiger partial charge in [0, 0.05) is 29.8 Å². The predicted octanol–water partition coefficient (Wildman–Crippen LogP) is 5.22. The maximum atomic E-state index is 12.8. The molecule has 0 atom stereocenters. The van der Waals surface area contributed by atoms with Crippen LogP contribution < -0.4 is 5.32 Å². The Hall–Kier alpha value is -3.68. The van der Waals surface area contributed by atoms with E-state index in [4.69, 9.17) is 0 Å². The number of halogens is 3. The molecule has 0 fully saturated rings. The number of aromatic amines is 1. The molecule has 0 radical (unpaired) electrons. The van der Waals surface area contributed by atoms with Crippen LogP contribution in [0.3, 0.4) is 0 Å². The fourth-order valence-corrected chi connectivity index (χ4v) is 3.16. The maximum absolute atomic E-state index is 12.8. The molecule has 30 heavy (non-hydrogen) atoms. The van der Waals surface area contributed by atoms with Gasteiger partial charge in [0.15, 0.2) is 0 Å². The summed E-state index contributed by atoms with van der Waals surface area (Å²) in [4.78, 5) is 16.5. The van der Waals surface area contributed by atoms with E-state index in [-0.39, 0.29) is 18.7 Å². The number of aryl methyl sites for hydroxylation is 1. The van der Waals surface area contributed by atoms with Crippen LogP contribution in [0.1, 0.15) is 17.5 Å². The first-order valence-corrected chi connectivity index (χ1v) is 9.23. The zero-order valence-corrected chi connectivity index (χ0v) is 15.7. The standard InChI is InChI=1S/C22H17F3N4O/c23-22(24,25)19-3-1-2-14(8-19)4-7-21(30)29-20-10-17-9-15(18-12-27-28-13-18)5-6-16(17)11-26-20/h1-3,5-6,8-13H,4,7H2,(H,27,28)(H,26,29,30). The van der Waals surface area contributed by atoms with Gasteiger partial charge in [0.05, 0.1) is 11.8 Å². The summed E-state index contributed by atoms with van der Waals surface area (Å²) in [5.74, 6) is 0.0751. The number of benzene rings is 2. The highest BCUT2D eigenvalue weighted by Crippen LogP contribution is 2.30. The summed E-state index contributed by atoms with van der Waals surface area (Å²) in [6.45, 7) is 0. The summed E-state index contributed by atoms with van der Waals surface area (Å²) < 4.78 is 38.4. The minimum absolute atomic E-state index is 0.0517. The second-order valence-corrected chi connectivity index (χ2v) is 6.86. The van der Waals surface area contributed by atoms with Crippen molar-refractivity contribution < 1.29 is 18.0 Å². The van der Waals surface area contributed by atoms with Gasteiger partial charge < -0.3 is 5.32 Å². The predicted molar refractivity (Wildman–Crippen MR) is 108 cm³/mol. The van der Waals surface area contributed by atoms with Crippen LogP contribution >= 0.6 is 0 Å². The Labute approximate surface area is 170 Å². The van der Waals surface area contributed by atoms with E-state index in [1.807, 2.05) is 18.2 Å². The van der Waals surface area contributed by atoms with Gasteiger partial charge >= 0.3 is 6.18 Å². The van der Waals surface area contributed by atoms with Crippen molar-refractivity contribution in [2.75, 3.05) is 5.32 Å². The highest BCUT2D eigenvalue weighted by Gasteiger charge is 2.30. The monoisotopic (exact) mass is 410 g/mol. The molecule has 2 N–H and O–H groups in total. The van der Waals surface area contributed by atoms with Gasteiger partial charge in [-0.3, -0.25) is 9.89 Å². The lowest BCUT2D eigenvalue weighted by Gasteiger charge is -2.09. The second-order valence-electron chi connectivity index (χ2n) is 6.86. The minimum Gasteiger partial charge on any atom is -0.311 e. The molecule has 0 aliphatic carbocycles. The van der Waals surface area contributed by atoms with E-state index in [0.29, 0.717) is 11.4 Å². The molecule has 0 saturated heterocycles. The normalized spacial score (nSPS) is 11.6. The number of hydrogen-bond donors (Lipinski definition) is 2. The molecule has 5 nitrogen and oxygen atoms in total. The zero-order chi connectivity index (χ0) is 21.1. The Bertz CT molecular complexity index is 1190. The first-order chi connectivity index (χ1) is 14.4. The third-order valence-electron chi connectivity index (χ3n) is 4.72. The number of hydrogen-bond acceptors (Lipinski definition) is 3. The molecule has 0 spiro atoms. The number of carbonyl (C=O) groups is 1. The molecule has 0 bridgehead atoms. The van der Waals surface area contributed by atoms with Gasteiger partial charge in [-0.1, -0.05) is 30.3 Å². The van der Waals surface area contributed by atoms with E-state index in [1.54, 1.807) is 30.7 Å². The fraction of sp³-hybridized carbons (Fsp3) is 0.136. The van der Waals surface area contributed by atoms with E-state index in [2.05, 4.69) is 20.5 Å². The van der Waals surface area contributed by atoms with Crippen LogP contribution in [0.5, 0.6) is 0 Å². The Kier molecular flexibility index (Phi) is 5.22. The van der Waals surface area contributed by atoms with Crippen LogP contribution in [-0.2, 0) is 17.4 Å². The molecule has 0 unspecified atom stereocenters. The van der Waals surface area contributed by atoms with E-state index >= 15 is 0 Å². The van der Waals surface area contributed by atoms with Crippen molar-refractivity contribution >= 4 is 22.5 Å². The van der Waals surface area contributed by atoms with Crippen LogP contribution in [0.4, 0.5) is 19.0 Å². The first kappa shape index (κ1) is 19.6. The van der Waals surface area contributed by atoms with Crippen molar-refractivity contribution in [3.8, 4) is 11.1 Å². The van der Waals surface area contributed by atoms with Gasteiger partial charge in [-0.25, -0.2) is 4.98 Å². The topological polar surface area (TPSA) is 70.7 Å². The molecular weight excluding hydrogens is 393 g/mol. The number of anilines is 1. The Balaban J connectivity index is 1.44. The second kappa shape index (κ2) is 7.98. The molecule has 4 aromatic rings. The average molecular weight is 410 g/mol. The molecule has 2 heterocycles. The van der Waals surface area contributed by atoms with Gasteiger partial charge in [0.1, 0.15) is 5.82 Å². The Morgan fingerprint density at radius 3 is 2.63 bits per heavy atom. The summed E-state index contributed by atoms with van der Waals surface area (Å²) >= 11 is 0. The SMILES string of the molecule is O=C(CCc1cccc(C(F)(F)F)c1)Nc1cc2cc(-c3cn[nH]c3)ccc2cn1. The quantitative estimate of drug-likeness (QED) is 0.474. The average Bonchev–Trinajstić information content (AvgIpc) is 3.26.